The van der Waals surface area contributed by atoms with E-state index in [9.17, 15) is 4.79 Å². The van der Waals surface area contributed by atoms with Gasteiger partial charge in [0.25, 0.3) is 5.91 Å². The van der Waals surface area contributed by atoms with Crippen molar-refractivity contribution in [3.63, 3.8) is 0 Å². The summed E-state index contributed by atoms with van der Waals surface area (Å²) < 4.78 is 7.53. The first-order valence-corrected chi connectivity index (χ1v) is 7.33. The van der Waals surface area contributed by atoms with Crippen LogP contribution in [0.3, 0.4) is 0 Å². The Morgan fingerprint density at radius 2 is 2.13 bits per heavy atom. The third kappa shape index (κ3) is 3.28. The average molecular weight is 332 g/mol. The Morgan fingerprint density at radius 1 is 1.30 bits per heavy atom. The Kier molecular flexibility index (Phi) is 4.45. The van der Waals surface area contributed by atoms with Crippen LogP contribution < -0.4 is 10.2 Å². The first-order valence-electron chi connectivity index (χ1n) is 6.95. The lowest BCUT2D eigenvalue weighted by Gasteiger charge is -2.09. The zero-order chi connectivity index (χ0) is 16.2. The summed E-state index contributed by atoms with van der Waals surface area (Å²) >= 11 is 6.04. The SMILES string of the molecule is O=C(NO)c1ccc2ncn(CCOc3ccccc3Cl)c2c1. The Bertz CT molecular complexity index is 847. The number of para-hydroxylation sites is 1. The summed E-state index contributed by atoms with van der Waals surface area (Å²) in [5, 5.41) is 9.28. The maximum Gasteiger partial charge on any atom is 0.274 e. The first-order chi connectivity index (χ1) is 11.2. The molecule has 3 aromatic rings. The van der Waals surface area contributed by atoms with Crippen LogP contribution in [0.1, 0.15) is 10.4 Å². The molecule has 118 valence electrons. The number of hydroxylamine groups is 1. The third-order valence-electron chi connectivity index (χ3n) is 3.41. The van der Waals surface area contributed by atoms with Gasteiger partial charge in [-0.15, -0.1) is 0 Å². The second-order valence-electron chi connectivity index (χ2n) is 4.86. The van der Waals surface area contributed by atoms with Crippen LogP contribution in [-0.2, 0) is 6.54 Å². The van der Waals surface area contributed by atoms with E-state index in [1.54, 1.807) is 42.1 Å². The van der Waals surface area contributed by atoms with Crippen molar-refractivity contribution < 1.29 is 14.7 Å². The molecule has 0 aliphatic rings. The van der Waals surface area contributed by atoms with Crippen molar-refractivity contribution in [1.82, 2.24) is 15.0 Å². The van der Waals surface area contributed by atoms with E-state index in [0.29, 0.717) is 29.5 Å². The standard InChI is InChI=1S/C16H14ClN3O3/c17-12-3-1-2-4-15(12)23-8-7-20-10-18-13-6-5-11(9-14(13)20)16(21)19-22/h1-6,9-10,22H,7-8H2,(H,19,21). The van der Waals surface area contributed by atoms with Gasteiger partial charge in [-0.25, -0.2) is 10.5 Å². The number of carbonyl (C=O) groups excluding carboxylic acids is 1. The van der Waals surface area contributed by atoms with Crippen LogP contribution in [0.5, 0.6) is 5.75 Å². The number of nitrogens with zero attached hydrogens (tertiary/aromatic N) is 2. The van der Waals surface area contributed by atoms with Crippen molar-refractivity contribution in [3.05, 3.63) is 59.4 Å². The Morgan fingerprint density at radius 3 is 2.91 bits per heavy atom. The predicted octanol–water partition coefficient (Wildman–Crippen LogP) is 2.89. The van der Waals surface area contributed by atoms with Crippen LogP contribution in [-0.4, -0.2) is 27.3 Å². The van der Waals surface area contributed by atoms with Gasteiger partial charge in [0.1, 0.15) is 12.4 Å². The van der Waals surface area contributed by atoms with E-state index < -0.39 is 5.91 Å². The van der Waals surface area contributed by atoms with Crippen molar-refractivity contribution in [2.45, 2.75) is 6.54 Å². The van der Waals surface area contributed by atoms with Crippen LogP contribution in [0.2, 0.25) is 5.02 Å². The molecule has 0 atom stereocenters. The van der Waals surface area contributed by atoms with E-state index in [2.05, 4.69) is 4.98 Å². The summed E-state index contributed by atoms with van der Waals surface area (Å²) in [6.45, 7) is 0.956. The second kappa shape index (κ2) is 6.68. The smallest absolute Gasteiger partial charge is 0.274 e. The van der Waals surface area contributed by atoms with E-state index in [-0.39, 0.29) is 0 Å². The minimum atomic E-state index is -0.563. The van der Waals surface area contributed by atoms with E-state index in [0.717, 1.165) is 11.0 Å². The molecule has 3 rings (SSSR count). The molecule has 1 aromatic heterocycles. The minimum Gasteiger partial charge on any atom is -0.490 e. The summed E-state index contributed by atoms with van der Waals surface area (Å²) in [6.07, 6.45) is 1.68. The molecule has 0 bridgehead atoms. The van der Waals surface area contributed by atoms with Gasteiger partial charge in [0, 0.05) is 5.56 Å². The highest BCUT2D eigenvalue weighted by molar-refractivity contribution is 6.32. The fraction of sp³-hybridized carbons (Fsp3) is 0.125. The molecule has 0 aliphatic carbocycles. The van der Waals surface area contributed by atoms with Gasteiger partial charge in [0.05, 0.1) is 28.9 Å². The Hall–Kier alpha value is -2.57. The van der Waals surface area contributed by atoms with Crippen LogP contribution in [0, 0.1) is 0 Å². The second-order valence-corrected chi connectivity index (χ2v) is 5.27. The molecule has 0 unspecified atom stereocenters. The lowest BCUT2D eigenvalue weighted by atomic mass is 10.2. The summed E-state index contributed by atoms with van der Waals surface area (Å²) in [5.74, 6) is 0.0610. The van der Waals surface area contributed by atoms with Gasteiger partial charge in [0.2, 0.25) is 0 Å². The van der Waals surface area contributed by atoms with Gasteiger partial charge in [-0.05, 0) is 30.3 Å². The highest BCUT2D eigenvalue weighted by Crippen LogP contribution is 2.23. The highest BCUT2D eigenvalue weighted by atomic mass is 35.5. The fourth-order valence-corrected chi connectivity index (χ4v) is 2.45. The molecule has 2 aromatic carbocycles. The van der Waals surface area contributed by atoms with Gasteiger partial charge < -0.3 is 9.30 Å². The number of hydrogen-bond acceptors (Lipinski definition) is 4. The number of halogens is 1. The molecular weight excluding hydrogens is 318 g/mol. The van der Waals surface area contributed by atoms with Crippen molar-refractivity contribution >= 4 is 28.5 Å². The van der Waals surface area contributed by atoms with Crippen LogP contribution in [0.4, 0.5) is 0 Å². The first kappa shape index (κ1) is 15.3. The van der Waals surface area contributed by atoms with E-state index in [4.69, 9.17) is 21.5 Å². The molecule has 0 saturated carbocycles. The summed E-state index contributed by atoms with van der Waals surface area (Å²) in [6, 6.07) is 12.3. The molecule has 0 radical (unpaired) electrons. The number of fused-ring (bicyclic) bond motifs is 1. The minimum absolute atomic E-state index is 0.355. The molecule has 1 heterocycles. The summed E-state index contributed by atoms with van der Waals surface area (Å²) in [7, 11) is 0. The molecule has 0 spiro atoms. The van der Waals surface area contributed by atoms with Gasteiger partial charge in [-0.2, -0.15) is 0 Å². The molecule has 0 aliphatic heterocycles. The molecule has 0 saturated heterocycles. The lowest BCUT2D eigenvalue weighted by molar-refractivity contribution is 0.0706. The largest absolute Gasteiger partial charge is 0.490 e. The normalized spacial score (nSPS) is 10.7. The topological polar surface area (TPSA) is 76.4 Å². The summed E-state index contributed by atoms with van der Waals surface area (Å²) in [4.78, 5) is 15.8. The molecule has 7 heteroatoms. The predicted molar refractivity (Wildman–Crippen MR) is 85.9 cm³/mol. The molecule has 1 amide bonds. The number of amides is 1. The molecule has 2 N–H and O–H groups in total. The van der Waals surface area contributed by atoms with Crippen LogP contribution in [0.25, 0.3) is 11.0 Å². The van der Waals surface area contributed by atoms with Crippen LogP contribution >= 0.6 is 11.6 Å². The number of aromatic nitrogens is 2. The Balaban J connectivity index is 1.75. The molecule has 0 fully saturated rings. The fourth-order valence-electron chi connectivity index (χ4n) is 2.26. The van der Waals surface area contributed by atoms with E-state index >= 15 is 0 Å². The van der Waals surface area contributed by atoms with Gasteiger partial charge >= 0.3 is 0 Å². The van der Waals surface area contributed by atoms with Crippen molar-refractivity contribution in [2.75, 3.05) is 6.61 Å². The van der Waals surface area contributed by atoms with E-state index in [1.807, 2.05) is 16.7 Å². The van der Waals surface area contributed by atoms with Crippen molar-refractivity contribution in [1.29, 1.82) is 0 Å². The van der Waals surface area contributed by atoms with Crippen molar-refractivity contribution in [3.8, 4) is 5.75 Å². The number of benzene rings is 2. The zero-order valence-corrected chi connectivity index (χ0v) is 12.8. The number of hydrogen-bond donors (Lipinski definition) is 2. The third-order valence-corrected chi connectivity index (χ3v) is 3.72. The molecular formula is C16H14ClN3O3. The molecule has 23 heavy (non-hydrogen) atoms. The number of carbonyl (C=O) groups is 1. The van der Waals surface area contributed by atoms with E-state index in [1.165, 1.54) is 0 Å². The molecule has 6 nitrogen and oxygen atoms in total. The lowest BCUT2D eigenvalue weighted by Crippen LogP contribution is -2.18. The van der Waals surface area contributed by atoms with Gasteiger partial charge in [-0.1, -0.05) is 23.7 Å². The maximum atomic E-state index is 11.5. The highest BCUT2D eigenvalue weighted by Gasteiger charge is 2.09. The Labute approximate surface area is 137 Å². The van der Waals surface area contributed by atoms with Gasteiger partial charge in [0.15, 0.2) is 0 Å². The maximum absolute atomic E-state index is 11.5. The number of nitrogens with one attached hydrogen (secondary N) is 1. The van der Waals surface area contributed by atoms with Crippen LogP contribution in [0.15, 0.2) is 48.8 Å². The number of rotatable bonds is 5. The number of imidazole rings is 1. The average Bonchev–Trinajstić information content (AvgIpc) is 2.98. The monoisotopic (exact) mass is 331 g/mol. The van der Waals surface area contributed by atoms with Crippen molar-refractivity contribution in [2.24, 2.45) is 0 Å². The number of ether oxygens (including phenoxy) is 1. The quantitative estimate of drug-likeness (QED) is 0.557. The van der Waals surface area contributed by atoms with Gasteiger partial charge in [-0.3, -0.25) is 10.0 Å². The summed E-state index contributed by atoms with van der Waals surface area (Å²) in [5.41, 5.74) is 3.52. The zero-order valence-electron chi connectivity index (χ0n) is 12.1.